The van der Waals surface area contributed by atoms with E-state index in [-0.39, 0.29) is 7.43 Å². The SMILES string of the molecule is C.O=S(=O)=C1NCC2CC12.c1cc2cc(c1)C2. The van der Waals surface area contributed by atoms with Gasteiger partial charge in [0, 0.05) is 12.5 Å². The summed E-state index contributed by atoms with van der Waals surface area (Å²) in [5.41, 5.74) is 2.97. The third-order valence-corrected chi connectivity index (χ3v) is 4.18. The third kappa shape index (κ3) is 2.42. The van der Waals surface area contributed by atoms with E-state index in [0.717, 1.165) is 13.0 Å². The van der Waals surface area contributed by atoms with Crippen molar-refractivity contribution in [2.75, 3.05) is 6.54 Å². The van der Waals surface area contributed by atoms with Gasteiger partial charge >= 0.3 is 0 Å². The molecule has 4 aliphatic rings. The van der Waals surface area contributed by atoms with E-state index in [1.54, 1.807) is 0 Å². The number of benzene rings is 1. The van der Waals surface area contributed by atoms with Gasteiger partial charge in [-0.15, -0.1) is 0 Å². The van der Waals surface area contributed by atoms with Crippen LogP contribution in [0.1, 0.15) is 25.0 Å². The molecule has 0 amide bonds. The average Bonchev–Trinajstić information content (AvgIpc) is 2.90. The van der Waals surface area contributed by atoms with Crippen molar-refractivity contribution >= 4 is 15.3 Å². The summed E-state index contributed by atoms with van der Waals surface area (Å²) in [7, 11) is -1.97. The molecule has 4 heteroatoms. The lowest BCUT2D eigenvalue weighted by atomic mass is 9.94. The van der Waals surface area contributed by atoms with Crippen LogP contribution in [0.15, 0.2) is 24.3 Å². The van der Waals surface area contributed by atoms with Gasteiger partial charge in [0.1, 0.15) is 4.99 Å². The Morgan fingerprint density at radius 2 is 1.88 bits per heavy atom. The molecule has 2 unspecified atom stereocenters. The Labute approximate surface area is 103 Å². The topological polar surface area (TPSA) is 46.2 Å². The summed E-state index contributed by atoms with van der Waals surface area (Å²) in [6.07, 6.45) is 2.30. The molecule has 1 heterocycles. The quantitative estimate of drug-likeness (QED) is 0.721. The molecule has 1 N–H and O–H groups in total. The van der Waals surface area contributed by atoms with Gasteiger partial charge in [-0.3, -0.25) is 5.32 Å². The molecule has 3 nitrogen and oxygen atoms in total. The third-order valence-electron chi connectivity index (χ3n) is 3.38. The molecule has 17 heavy (non-hydrogen) atoms. The second-order valence-corrected chi connectivity index (χ2v) is 5.49. The van der Waals surface area contributed by atoms with Crippen molar-refractivity contribution in [1.82, 2.24) is 5.32 Å². The van der Waals surface area contributed by atoms with E-state index in [9.17, 15) is 8.42 Å². The van der Waals surface area contributed by atoms with E-state index in [0.29, 0.717) is 16.8 Å². The molecule has 1 saturated carbocycles. The second kappa shape index (κ2) is 4.63. The fourth-order valence-electron chi connectivity index (χ4n) is 2.29. The molecule has 3 aliphatic carbocycles. The first kappa shape index (κ1) is 12.3. The summed E-state index contributed by atoms with van der Waals surface area (Å²) in [5, 5.41) is 2.86. The van der Waals surface area contributed by atoms with Gasteiger partial charge in [-0.1, -0.05) is 31.7 Å². The van der Waals surface area contributed by atoms with Crippen molar-refractivity contribution in [3.8, 4) is 0 Å². The largest absolute Gasteiger partial charge is 0.279 e. The van der Waals surface area contributed by atoms with Crippen molar-refractivity contribution in [1.29, 1.82) is 0 Å². The van der Waals surface area contributed by atoms with Crippen LogP contribution >= 0.6 is 0 Å². The molecular formula is C13H17NO2S. The fraction of sp³-hybridized carbons (Fsp3) is 0.462. The van der Waals surface area contributed by atoms with E-state index >= 15 is 0 Å². The smallest absolute Gasteiger partial charge is 0.228 e. The number of piperidine rings is 1. The zero-order valence-electron chi connectivity index (χ0n) is 8.81. The first-order chi connectivity index (χ1) is 7.74. The summed E-state index contributed by atoms with van der Waals surface area (Å²) >= 11 is 0. The van der Waals surface area contributed by atoms with E-state index in [4.69, 9.17) is 0 Å². The van der Waals surface area contributed by atoms with Gasteiger partial charge in [0.15, 0.2) is 0 Å². The minimum atomic E-state index is -1.97. The Kier molecular flexibility index (Phi) is 3.35. The predicted molar refractivity (Wildman–Crippen MR) is 69.5 cm³/mol. The standard InChI is InChI=1S/C7H6.C5H7NO2S.CH4/c1-2-6-4-7(3-1)5-6;7-9(8)5-4-1-3(4)2-6-5;/h1-4H,5H2;3-4,6H,1-2H2;1H4. The van der Waals surface area contributed by atoms with Crippen LogP contribution in [0.3, 0.4) is 0 Å². The lowest BCUT2D eigenvalue weighted by molar-refractivity contribution is 0.626. The predicted octanol–water partition coefficient (Wildman–Crippen LogP) is 1.46. The van der Waals surface area contributed by atoms with Crippen molar-refractivity contribution in [2.45, 2.75) is 20.3 Å². The van der Waals surface area contributed by atoms with Gasteiger partial charge < -0.3 is 0 Å². The van der Waals surface area contributed by atoms with Crippen LogP contribution in [0.2, 0.25) is 0 Å². The van der Waals surface area contributed by atoms with Gasteiger partial charge in [0.25, 0.3) is 0 Å². The Balaban J connectivity index is 0.000000123. The van der Waals surface area contributed by atoms with Crippen molar-refractivity contribution in [3.05, 3.63) is 35.4 Å². The maximum Gasteiger partial charge on any atom is 0.228 e. The Bertz CT molecular complexity index is 530. The Hall–Kier alpha value is -1.13. The number of hydrogen-bond donors (Lipinski definition) is 1. The molecule has 1 saturated heterocycles. The van der Waals surface area contributed by atoms with Gasteiger partial charge in [0.2, 0.25) is 10.3 Å². The minimum absolute atomic E-state index is 0. The van der Waals surface area contributed by atoms with Crippen LogP contribution in [-0.2, 0) is 16.7 Å². The van der Waals surface area contributed by atoms with E-state index in [2.05, 4.69) is 29.6 Å². The first-order valence-electron chi connectivity index (χ1n) is 5.52. The fourth-order valence-corrected chi connectivity index (χ4v) is 3.03. The highest BCUT2D eigenvalue weighted by Crippen LogP contribution is 2.41. The molecule has 92 valence electrons. The number of rotatable bonds is 0. The van der Waals surface area contributed by atoms with Crippen molar-refractivity contribution in [3.63, 3.8) is 0 Å². The molecule has 1 aliphatic heterocycles. The normalized spacial score (nSPS) is 25.8. The molecule has 2 atom stereocenters. The lowest BCUT2D eigenvalue weighted by Gasteiger charge is -2.11. The van der Waals surface area contributed by atoms with E-state index in [1.165, 1.54) is 17.5 Å². The maximum atomic E-state index is 10.3. The molecule has 1 aromatic rings. The molecule has 2 fully saturated rings. The first-order valence-corrected chi connectivity index (χ1v) is 6.59. The number of fused-ring (bicyclic) bond motifs is 3. The monoisotopic (exact) mass is 251 g/mol. The van der Waals surface area contributed by atoms with Crippen LogP contribution in [0.5, 0.6) is 0 Å². The van der Waals surface area contributed by atoms with E-state index in [1.807, 2.05) is 0 Å². The Morgan fingerprint density at radius 3 is 2.06 bits per heavy atom. The summed E-state index contributed by atoms with van der Waals surface area (Å²) < 4.78 is 20.7. The van der Waals surface area contributed by atoms with E-state index < -0.39 is 10.3 Å². The highest BCUT2D eigenvalue weighted by atomic mass is 32.2. The summed E-state index contributed by atoms with van der Waals surface area (Å²) in [6.45, 7) is 0.869. The van der Waals surface area contributed by atoms with Gasteiger partial charge in [-0.25, -0.2) is 0 Å². The van der Waals surface area contributed by atoms with Crippen LogP contribution in [-0.4, -0.2) is 20.0 Å². The van der Waals surface area contributed by atoms with Crippen molar-refractivity contribution in [2.24, 2.45) is 11.8 Å². The van der Waals surface area contributed by atoms with Gasteiger partial charge in [0.05, 0.1) is 0 Å². The summed E-state index contributed by atoms with van der Waals surface area (Å²) in [6, 6.07) is 8.65. The molecular weight excluding hydrogens is 234 g/mol. The maximum absolute atomic E-state index is 10.3. The zero-order valence-corrected chi connectivity index (χ0v) is 9.63. The van der Waals surface area contributed by atoms with Crippen LogP contribution in [0.4, 0.5) is 0 Å². The Morgan fingerprint density at radius 1 is 1.24 bits per heavy atom. The van der Waals surface area contributed by atoms with Crippen LogP contribution < -0.4 is 5.32 Å². The number of hydrogen-bond acceptors (Lipinski definition) is 2. The van der Waals surface area contributed by atoms with Gasteiger partial charge in [-0.2, -0.15) is 8.42 Å². The molecule has 0 aromatic heterocycles. The molecule has 2 bridgehead atoms. The highest BCUT2D eigenvalue weighted by Gasteiger charge is 2.46. The van der Waals surface area contributed by atoms with Crippen LogP contribution in [0, 0.1) is 11.8 Å². The molecule has 0 radical (unpaired) electrons. The molecule has 1 aromatic carbocycles. The molecule has 0 spiro atoms. The van der Waals surface area contributed by atoms with Crippen molar-refractivity contribution < 1.29 is 8.42 Å². The number of nitrogens with one attached hydrogen (secondary N) is 1. The minimum Gasteiger partial charge on any atom is -0.279 e. The second-order valence-electron chi connectivity index (χ2n) is 4.58. The highest BCUT2D eigenvalue weighted by molar-refractivity contribution is 7.73. The lowest BCUT2D eigenvalue weighted by Crippen LogP contribution is -2.20. The average molecular weight is 251 g/mol. The van der Waals surface area contributed by atoms with Gasteiger partial charge in [-0.05, 0) is 29.9 Å². The molecule has 5 rings (SSSR count). The summed E-state index contributed by atoms with van der Waals surface area (Å²) in [4.78, 5) is 0.542. The summed E-state index contributed by atoms with van der Waals surface area (Å²) in [5.74, 6) is 1.00. The van der Waals surface area contributed by atoms with Crippen LogP contribution in [0.25, 0.3) is 0 Å². The zero-order chi connectivity index (χ0) is 11.1.